The first kappa shape index (κ1) is 22.1. The Hall–Kier alpha value is -2.16. The van der Waals surface area contributed by atoms with Gasteiger partial charge in [0.1, 0.15) is 5.82 Å². The lowest BCUT2D eigenvalue weighted by atomic mass is 10.0. The summed E-state index contributed by atoms with van der Waals surface area (Å²) in [7, 11) is -3.90. The zero-order chi connectivity index (χ0) is 19.4. The van der Waals surface area contributed by atoms with Crippen molar-refractivity contribution in [2.45, 2.75) is 30.2 Å². The normalized spacial score (nSPS) is 18.9. The Balaban J connectivity index is 0.00000280. The number of amides is 1. The first-order chi connectivity index (χ1) is 12.9. The Morgan fingerprint density at radius 2 is 1.86 bits per heavy atom. The van der Waals surface area contributed by atoms with Crippen LogP contribution in [0.15, 0.2) is 53.4 Å². The third-order valence-electron chi connectivity index (χ3n) is 4.78. The summed E-state index contributed by atoms with van der Waals surface area (Å²) in [5, 5.41) is 2.95. The number of benzene rings is 2. The van der Waals surface area contributed by atoms with E-state index in [1.807, 2.05) is 0 Å². The highest BCUT2D eigenvalue weighted by atomic mass is 35.5. The molecule has 2 aromatic carbocycles. The van der Waals surface area contributed by atoms with Crippen molar-refractivity contribution in [3.63, 3.8) is 0 Å². The summed E-state index contributed by atoms with van der Waals surface area (Å²) in [6.45, 7) is 0.515. The van der Waals surface area contributed by atoms with Crippen molar-refractivity contribution in [3.05, 3.63) is 59.9 Å². The van der Waals surface area contributed by atoms with Crippen LogP contribution in [0.5, 0.6) is 0 Å². The number of hydrogen-bond acceptors (Lipinski definition) is 4. The summed E-state index contributed by atoms with van der Waals surface area (Å²) in [4.78, 5) is 12.5. The molecule has 1 fully saturated rings. The molecule has 1 aliphatic rings. The van der Waals surface area contributed by atoms with Crippen molar-refractivity contribution < 1.29 is 17.6 Å². The second kappa shape index (κ2) is 9.36. The van der Waals surface area contributed by atoms with Gasteiger partial charge in [0, 0.05) is 17.3 Å². The Kier molecular flexibility index (Phi) is 7.40. The molecule has 1 aliphatic carbocycles. The molecule has 3 rings (SSSR count). The SMILES string of the molecule is Cl.NCC1CCCC1NC(=O)c1cccc(S(=O)(=O)Nc2ccc(F)cc2)c1. The molecule has 4 N–H and O–H groups in total. The van der Waals surface area contributed by atoms with Gasteiger partial charge in [-0.3, -0.25) is 9.52 Å². The number of halogens is 2. The summed E-state index contributed by atoms with van der Waals surface area (Å²) in [5.74, 6) is -0.528. The van der Waals surface area contributed by atoms with E-state index in [9.17, 15) is 17.6 Å². The molecule has 2 atom stereocenters. The first-order valence-electron chi connectivity index (χ1n) is 8.78. The number of anilines is 1. The van der Waals surface area contributed by atoms with E-state index in [-0.39, 0.29) is 46.4 Å². The zero-order valence-electron chi connectivity index (χ0n) is 15.1. The Bertz CT molecular complexity index is 922. The molecule has 9 heteroatoms. The van der Waals surface area contributed by atoms with Crippen LogP contribution in [0, 0.1) is 11.7 Å². The van der Waals surface area contributed by atoms with Crippen LogP contribution in [0.4, 0.5) is 10.1 Å². The van der Waals surface area contributed by atoms with Crippen molar-refractivity contribution in [2.24, 2.45) is 11.7 Å². The minimum Gasteiger partial charge on any atom is -0.349 e. The number of nitrogens with one attached hydrogen (secondary N) is 2. The Labute approximate surface area is 170 Å². The standard InChI is InChI=1S/C19H22FN3O3S.ClH/c20-15-7-9-16(10-8-15)23-27(25,26)17-5-1-3-13(11-17)19(24)22-18-6-2-4-14(18)12-21;/h1,3,5,7-11,14,18,23H,2,4,6,12,21H2,(H,22,24);1H. The number of rotatable bonds is 6. The monoisotopic (exact) mass is 427 g/mol. The summed E-state index contributed by atoms with van der Waals surface area (Å²) < 4.78 is 40.5. The molecule has 6 nitrogen and oxygen atoms in total. The Morgan fingerprint density at radius 3 is 2.54 bits per heavy atom. The average Bonchev–Trinajstić information content (AvgIpc) is 3.10. The van der Waals surface area contributed by atoms with Crippen molar-refractivity contribution in [2.75, 3.05) is 11.3 Å². The molecule has 0 aromatic heterocycles. The molecule has 0 heterocycles. The molecular weight excluding hydrogens is 405 g/mol. The van der Waals surface area contributed by atoms with E-state index in [0.717, 1.165) is 31.4 Å². The number of nitrogens with two attached hydrogens (primary N) is 1. The molecule has 0 spiro atoms. The number of sulfonamides is 1. The van der Waals surface area contributed by atoms with Crippen molar-refractivity contribution in [1.29, 1.82) is 0 Å². The van der Waals surface area contributed by atoms with Gasteiger partial charge in [-0.2, -0.15) is 0 Å². The maximum Gasteiger partial charge on any atom is 0.261 e. The van der Waals surface area contributed by atoms with Gasteiger partial charge in [-0.1, -0.05) is 12.5 Å². The fourth-order valence-corrected chi connectivity index (χ4v) is 4.40. The molecule has 0 saturated heterocycles. The fraction of sp³-hybridized carbons (Fsp3) is 0.316. The smallest absolute Gasteiger partial charge is 0.261 e. The van der Waals surface area contributed by atoms with Crippen LogP contribution in [-0.2, 0) is 10.0 Å². The molecule has 1 saturated carbocycles. The van der Waals surface area contributed by atoms with E-state index in [2.05, 4.69) is 10.0 Å². The maximum absolute atomic E-state index is 13.0. The van der Waals surface area contributed by atoms with Gasteiger partial charge in [-0.05, 0) is 67.8 Å². The first-order valence-corrected chi connectivity index (χ1v) is 10.3. The van der Waals surface area contributed by atoms with Crippen LogP contribution in [0.25, 0.3) is 0 Å². The lowest BCUT2D eigenvalue weighted by Gasteiger charge is -2.19. The quantitative estimate of drug-likeness (QED) is 0.659. The van der Waals surface area contributed by atoms with Gasteiger partial charge >= 0.3 is 0 Å². The maximum atomic E-state index is 13.0. The van der Waals surface area contributed by atoms with E-state index in [0.29, 0.717) is 6.54 Å². The van der Waals surface area contributed by atoms with E-state index in [1.54, 1.807) is 6.07 Å². The molecule has 0 aliphatic heterocycles. The van der Waals surface area contributed by atoms with E-state index < -0.39 is 15.8 Å². The minimum atomic E-state index is -3.90. The third-order valence-corrected chi connectivity index (χ3v) is 6.16. The van der Waals surface area contributed by atoms with Crippen molar-refractivity contribution >= 4 is 34.0 Å². The van der Waals surface area contributed by atoms with E-state index in [1.165, 1.54) is 30.3 Å². The summed E-state index contributed by atoms with van der Waals surface area (Å²) in [6, 6.07) is 10.8. The lowest BCUT2D eigenvalue weighted by molar-refractivity contribution is 0.0928. The molecule has 2 aromatic rings. The van der Waals surface area contributed by atoms with Crippen LogP contribution in [0.3, 0.4) is 0 Å². The summed E-state index contributed by atoms with van der Waals surface area (Å²) >= 11 is 0. The number of carbonyl (C=O) groups is 1. The lowest BCUT2D eigenvalue weighted by Crippen LogP contribution is -2.39. The third kappa shape index (κ3) is 5.21. The van der Waals surface area contributed by atoms with E-state index in [4.69, 9.17) is 5.73 Å². The van der Waals surface area contributed by atoms with Gasteiger partial charge in [0.15, 0.2) is 0 Å². The van der Waals surface area contributed by atoms with Crippen LogP contribution in [0.1, 0.15) is 29.6 Å². The zero-order valence-corrected chi connectivity index (χ0v) is 16.7. The van der Waals surface area contributed by atoms with Gasteiger partial charge in [0.05, 0.1) is 4.90 Å². The second-order valence-corrected chi connectivity index (χ2v) is 8.33. The van der Waals surface area contributed by atoms with Crippen LogP contribution in [-0.4, -0.2) is 26.9 Å². The molecule has 28 heavy (non-hydrogen) atoms. The summed E-state index contributed by atoms with van der Waals surface area (Å²) in [6.07, 6.45) is 2.87. The number of carbonyl (C=O) groups excluding carboxylic acids is 1. The largest absolute Gasteiger partial charge is 0.349 e. The van der Waals surface area contributed by atoms with Gasteiger partial charge in [0.2, 0.25) is 0 Å². The molecule has 152 valence electrons. The second-order valence-electron chi connectivity index (χ2n) is 6.65. The van der Waals surface area contributed by atoms with Crippen molar-refractivity contribution in [1.82, 2.24) is 5.32 Å². The highest BCUT2D eigenvalue weighted by Crippen LogP contribution is 2.25. The molecular formula is C19H23ClFN3O3S. The summed E-state index contributed by atoms with van der Waals surface area (Å²) in [5.41, 5.74) is 6.24. The van der Waals surface area contributed by atoms with Gasteiger partial charge < -0.3 is 11.1 Å². The molecule has 1 amide bonds. The van der Waals surface area contributed by atoms with Crippen LogP contribution < -0.4 is 15.8 Å². The van der Waals surface area contributed by atoms with Gasteiger partial charge in [-0.15, -0.1) is 12.4 Å². The molecule has 0 radical (unpaired) electrons. The number of hydrogen-bond donors (Lipinski definition) is 3. The predicted octanol–water partition coefficient (Wildman–Crippen LogP) is 2.91. The molecule has 0 bridgehead atoms. The molecule has 2 unspecified atom stereocenters. The average molecular weight is 428 g/mol. The van der Waals surface area contributed by atoms with Gasteiger partial charge in [-0.25, -0.2) is 12.8 Å². The predicted molar refractivity (Wildman–Crippen MR) is 109 cm³/mol. The van der Waals surface area contributed by atoms with E-state index >= 15 is 0 Å². The Morgan fingerprint density at radius 1 is 1.14 bits per heavy atom. The van der Waals surface area contributed by atoms with Crippen LogP contribution >= 0.6 is 12.4 Å². The highest BCUT2D eigenvalue weighted by Gasteiger charge is 2.28. The minimum absolute atomic E-state index is 0. The highest BCUT2D eigenvalue weighted by molar-refractivity contribution is 7.92. The fourth-order valence-electron chi connectivity index (χ4n) is 3.30. The topological polar surface area (TPSA) is 101 Å². The van der Waals surface area contributed by atoms with Crippen molar-refractivity contribution in [3.8, 4) is 0 Å². The van der Waals surface area contributed by atoms with Gasteiger partial charge in [0.25, 0.3) is 15.9 Å². The van der Waals surface area contributed by atoms with Crippen LogP contribution in [0.2, 0.25) is 0 Å².